The van der Waals surface area contributed by atoms with Crippen molar-refractivity contribution in [3.63, 3.8) is 0 Å². The Morgan fingerprint density at radius 2 is 2.16 bits per heavy atom. The highest BCUT2D eigenvalue weighted by Gasteiger charge is 2.33. The molecule has 1 aliphatic heterocycles. The van der Waals surface area contributed by atoms with Crippen molar-refractivity contribution in [1.82, 2.24) is 0 Å². The van der Waals surface area contributed by atoms with E-state index in [9.17, 15) is 9.59 Å². The highest BCUT2D eigenvalue weighted by Crippen LogP contribution is 2.35. The van der Waals surface area contributed by atoms with E-state index < -0.39 is 0 Å². The first-order chi connectivity index (χ1) is 9.06. The van der Waals surface area contributed by atoms with Gasteiger partial charge in [0.05, 0.1) is 5.69 Å². The van der Waals surface area contributed by atoms with Crippen LogP contribution in [0.2, 0.25) is 0 Å². The first-order valence-electron chi connectivity index (χ1n) is 6.39. The van der Waals surface area contributed by atoms with Crippen LogP contribution in [0.15, 0.2) is 18.2 Å². The van der Waals surface area contributed by atoms with Crippen molar-refractivity contribution in [2.24, 2.45) is 11.7 Å². The van der Waals surface area contributed by atoms with Crippen molar-refractivity contribution >= 4 is 17.4 Å². The predicted molar refractivity (Wildman–Crippen MR) is 70.4 cm³/mol. The minimum absolute atomic E-state index is 0.0265. The van der Waals surface area contributed by atoms with Gasteiger partial charge in [0.2, 0.25) is 0 Å². The number of nitrogens with two attached hydrogens (primary N) is 1. The summed E-state index contributed by atoms with van der Waals surface area (Å²) in [6.45, 7) is 0.0499. The molecule has 0 spiro atoms. The van der Waals surface area contributed by atoms with E-state index in [4.69, 9.17) is 10.5 Å². The van der Waals surface area contributed by atoms with Crippen LogP contribution in [0.4, 0.5) is 5.69 Å². The summed E-state index contributed by atoms with van der Waals surface area (Å²) in [7, 11) is 1.69. The molecule has 2 aliphatic rings. The Balaban J connectivity index is 1.88. The first-order valence-corrected chi connectivity index (χ1v) is 6.39. The third-order valence-corrected chi connectivity index (χ3v) is 3.88. The molecule has 5 heteroatoms. The van der Waals surface area contributed by atoms with Crippen LogP contribution < -0.4 is 15.4 Å². The van der Waals surface area contributed by atoms with E-state index in [1.165, 1.54) is 4.90 Å². The number of nitrogens with zero attached hydrogens (tertiary/aromatic N) is 1. The SMILES string of the molecule is CN1C(=O)COc2ccc(C(=O)C3CC(N)C3)cc21. The van der Waals surface area contributed by atoms with Crippen molar-refractivity contribution in [1.29, 1.82) is 0 Å². The van der Waals surface area contributed by atoms with Crippen molar-refractivity contribution < 1.29 is 14.3 Å². The molecule has 1 amide bonds. The summed E-state index contributed by atoms with van der Waals surface area (Å²) in [4.78, 5) is 25.4. The van der Waals surface area contributed by atoms with Crippen molar-refractivity contribution in [2.75, 3.05) is 18.6 Å². The Labute approximate surface area is 111 Å². The number of amides is 1. The number of carbonyl (C=O) groups is 2. The molecule has 0 atom stereocenters. The largest absolute Gasteiger partial charge is 0.482 e. The van der Waals surface area contributed by atoms with Crippen LogP contribution in [0, 0.1) is 5.92 Å². The van der Waals surface area contributed by atoms with Gasteiger partial charge in [0.1, 0.15) is 5.75 Å². The fourth-order valence-electron chi connectivity index (χ4n) is 2.54. The number of benzene rings is 1. The summed E-state index contributed by atoms with van der Waals surface area (Å²) in [5.74, 6) is 0.668. The zero-order chi connectivity index (χ0) is 13.6. The number of ether oxygens (including phenoxy) is 1. The lowest BCUT2D eigenvalue weighted by atomic mass is 9.76. The van der Waals surface area contributed by atoms with Crippen LogP contribution in [-0.4, -0.2) is 31.4 Å². The maximum Gasteiger partial charge on any atom is 0.264 e. The molecule has 0 bridgehead atoms. The number of rotatable bonds is 2. The van der Waals surface area contributed by atoms with Gasteiger partial charge in [-0.2, -0.15) is 0 Å². The second-order valence-corrected chi connectivity index (χ2v) is 5.22. The summed E-state index contributed by atoms with van der Waals surface area (Å²) in [6.07, 6.45) is 1.50. The number of hydrogen-bond donors (Lipinski definition) is 1. The zero-order valence-corrected chi connectivity index (χ0v) is 10.8. The third kappa shape index (κ3) is 2.00. The molecule has 0 unspecified atom stereocenters. The normalized spacial score (nSPS) is 25.4. The minimum Gasteiger partial charge on any atom is -0.482 e. The van der Waals surface area contributed by atoms with Gasteiger partial charge in [-0.25, -0.2) is 0 Å². The summed E-state index contributed by atoms with van der Waals surface area (Å²) in [5.41, 5.74) is 6.99. The number of fused-ring (bicyclic) bond motifs is 1. The van der Waals surface area contributed by atoms with Gasteiger partial charge in [-0.3, -0.25) is 9.59 Å². The Hall–Kier alpha value is -1.88. The van der Waals surface area contributed by atoms with Gasteiger partial charge in [-0.15, -0.1) is 0 Å². The summed E-state index contributed by atoms with van der Waals surface area (Å²) in [5, 5.41) is 0. The number of likely N-dealkylation sites (N-methyl/N-ethyl adjacent to an activating group) is 1. The summed E-state index contributed by atoms with van der Waals surface area (Å²) in [6, 6.07) is 5.40. The molecule has 1 fully saturated rings. The Bertz CT molecular complexity index is 550. The predicted octanol–water partition coefficient (Wildman–Crippen LogP) is 0.962. The number of carbonyl (C=O) groups excluding carboxylic acids is 2. The van der Waals surface area contributed by atoms with E-state index in [1.807, 2.05) is 0 Å². The average molecular weight is 260 g/mol. The van der Waals surface area contributed by atoms with Gasteiger partial charge < -0.3 is 15.4 Å². The van der Waals surface area contributed by atoms with Crippen molar-refractivity contribution in [3.8, 4) is 5.75 Å². The smallest absolute Gasteiger partial charge is 0.264 e. The number of ketones is 1. The molecular weight excluding hydrogens is 244 g/mol. The molecule has 3 rings (SSSR count). The quantitative estimate of drug-likeness (QED) is 0.804. The number of Topliss-reactive ketones (excluding diaryl/α,β-unsaturated/α-hetero) is 1. The standard InChI is InChI=1S/C14H16N2O3/c1-16-11-6-8(14(18)9-4-10(15)5-9)2-3-12(11)19-7-13(16)17/h2-3,6,9-10H,4-5,7,15H2,1H3. The van der Waals surface area contributed by atoms with E-state index in [0.29, 0.717) is 17.0 Å². The molecule has 19 heavy (non-hydrogen) atoms. The lowest BCUT2D eigenvalue weighted by Crippen LogP contribution is -2.40. The van der Waals surface area contributed by atoms with Gasteiger partial charge in [-0.05, 0) is 31.0 Å². The molecule has 0 saturated heterocycles. The Morgan fingerprint density at radius 3 is 2.84 bits per heavy atom. The first kappa shape index (κ1) is 12.2. The monoisotopic (exact) mass is 260 g/mol. The van der Waals surface area contributed by atoms with Gasteiger partial charge in [0.15, 0.2) is 12.4 Å². The molecule has 1 aromatic rings. The van der Waals surface area contributed by atoms with Crippen LogP contribution in [-0.2, 0) is 4.79 Å². The fourth-order valence-corrected chi connectivity index (χ4v) is 2.54. The van der Waals surface area contributed by atoms with E-state index in [-0.39, 0.29) is 30.3 Å². The second-order valence-electron chi connectivity index (χ2n) is 5.22. The molecule has 100 valence electrons. The van der Waals surface area contributed by atoms with Crippen LogP contribution in [0.25, 0.3) is 0 Å². The highest BCUT2D eigenvalue weighted by molar-refractivity contribution is 6.02. The van der Waals surface area contributed by atoms with Crippen molar-refractivity contribution in [3.05, 3.63) is 23.8 Å². The number of anilines is 1. The summed E-state index contributed by atoms with van der Waals surface area (Å²) >= 11 is 0. The minimum atomic E-state index is -0.109. The molecule has 1 aromatic carbocycles. The molecule has 1 heterocycles. The fraction of sp³-hybridized carbons (Fsp3) is 0.429. The van der Waals surface area contributed by atoms with Crippen molar-refractivity contribution in [2.45, 2.75) is 18.9 Å². The molecule has 2 N–H and O–H groups in total. The van der Waals surface area contributed by atoms with E-state index in [0.717, 1.165) is 12.8 Å². The molecule has 5 nitrogen and oxygen atoms in total. The topological polar surface area (TPSA) is 72.6 Å². The molecule has 1 saturated carbocycles. The van der Waals surface area contributed by atoms with E-state index >= 15 is 0 Å². The average Bonchev–Trinajstić information content (AvgIpc) is 2.38. The van der Waals surface area contributed by atoms with Gasteiger partial charge >= 0.3 is 0 Å². The summed E-state index contributed by atoms with van der Waals surface area (Å²) < 4.78 is 5.34. The van der Waals surface area contributed by atoms with Gasteiger partial charge in [-0.1, -0.05) is 0 Å². The Morgan fingerprint density at radius 1 is 1.42 bits per heavy atom. The lowest BCUT2D eigenvalue weighted by molar-refractivity contribution is -0.120. The van der Waals surface area contributed by atoms with Gasteiger partial charge in [0, 0.05) is 24.6 Å². The van der Waals surface area contributed by atoms with Crippen LogP contribution in [0.3, 0.4) is 0 Å². The maximum atomic E-state index is 12.2. The lowest BCUT2D eigenvalue weighted by Gasteiger charge is -2.32. The molecule has 0 aromatic heterocycles. The van der Waals surface area contributed by atoms with E-state index in [1.54, 1.807) is 25.2 Å². The zero-order valence-electron chi connectivity index (χ0n) is 10.8. The van der Waals surface area contributed by atoms with E-state index in [2.05, 4.69) is 0 Å². The van der Waals surface area contributed by atoms with Crippen LogP contribution >= 0.6 is 0 Å². The van der Waals surface area contributed by atoms with Crippen LogP contribution in [0.5, 0.6) is 5.75 Å². The number of hydrogen-bond acceptors (Lipinski definition) is 4. The second kappa shape index (κ2) is 4.35. The highest BCUT2D eigenvalue weighted by atomic mass is 16.5. The Kier molecular flexibility index (Phi) is 2.78. The molecule has 1 aliphatic carbocycles. The molecular formula is C14H16N2O3. The maximum absolute atomic E-state index is 12.2. The van der Waals surface area contributed by atoms with Crippen LogP contribution in [0.1, 0.15) is 23.2 Å². The third-order valence-electron chi connectivity index (χ3n) is 3.88. The molecule has 0 radical (unpaired) electrons. The van der Waals surface area contributed by atoms with Gasteiger partial charge in [0.25, 0.3) is 5.91 Å².